The summed E-state index contributed by atoms with van der Waals surface area (Å²) in [6.45, 7) is 3.57. The zero-order chi connectivity index (χ0) is 26.9. The number of anilines is 1. The number of carbonyl (C=O) groups excluding carboxylic acids is 2. The molecule has 7 heteroatoms. The molecule has 3 amide bonds. The van der Waals surface area contributed by atoms with Crippen LogP contribution in [0.15, 0.2) is 72.8 Å². The van der Waals surface area contributed by atoms with Crippen molar-refractivity contribution in [3.05, 3.63) is 89.5 Å². The second-order valence-electron chi connectivity index (χ2n) is 10.4. The van der Waals surface area contributed by atoms with Crippen LogP contribution in [0, 0.1) is 0 Å². The highest BCUT2D eigenvalue weighted by molar-refractivity contribution is 5.93. The van der Waals surface area contributed by atoms with Crippen LogP contribution in [0.1, 0.15) is 42.4 Å². The number of amides is 3. The Morgan fingerprint density at radius 2 is 1.54 bits per heavy atom. The van der Waals surface area contributed by atoms with Gasteiger partial charge >= 0.3 is 6.03 Å². The first-order valence-corrected chi connectivity index (χ1v) is 14.1. The van der Waals surface area contributed by atoms with Crippen molar-refractivity contribution in [3.8, 4) is 11.5 Å². The number of carbonyl (C=O) groups is 2. The second-order valence-corrected chi connectivity index (χ2v) is 10.4. The first-order valence-electron chi connectivity index (χ1n) is 14.1. The zero-order valence-corrected chi connectivity index (χ0v) is 22.5. The highest BCUT2D eigenvalue weighted by atomic mass is 16.5. The van der Waals surface area contributed by atoms with Crippen LogP contribution in [0.5, 0.6) is 11.5 Å². The van der Waals surface area contributed by atoms with Gasteiger partial charge in [-0.3, -0.25) is 4.79 Å². The van der Waals surface area contributed by atoms with Gasteiger partial charge in [-0.2, -0.15) is 0 Å². The number of aryl methyl sites for hydroxylation is 2. The third kappa shape index (κ3) is 7.83. The van der Waals surface area contributed by atoms with E-state index < -0.39 is 12.1 Å². The first kappa shape index (κ1) is 26.8. The molecule has 204 valence electrons. The van der Waals surface area contributed by atoms with Crippen molar-refractivity contribution in [2.24, 2.45) is 0 Å². The minimum absolute atomic E-state index is 0.179. The molecule has 7 nitrogen and oxygen atoms in total. The minimum atomic E-state index is -0.683. The van der Waals surface area contributed by atoms with Crippen LogP contribution in [0.4, 0.5) is 10.5 Å². The Morgan fingerprint density at radius 1 is 0.821 bits per heavy atom. The predicted octanol–water partition coefficient (Wildman–Crippen LogP) is 5.30. The maximum Gasteiger partial charge on any atom is 0.319 e. The molecule has 1 fully saturated rings. The molecule has 39 heavy (non-hydrogen) atoms. The fourth-order valence-corrected chi connectivity index (χ4v) is 5.37. The Hall–Kier alpha value is -3.84. The molecule has 1 heterocycles. The summed E-state index contributed by atoms with van der Waals surface area (Å²) >= 11 is 0. The largest absolute Gasteiger partial charge is 0.457 e. The third-order valence-electron chi connectivity index (χ3n) is 7.50. The van der Waals surface area contributed by atoms with Crippen LogP contribution in [0.3, 0.4) is 0 Å². The van der Waals surface area contributed by atoms with E-state index in [0.717, 1.165) is 43.8 Å². The van der Waals surface area contributed by atoms with Gasteiger partial charge in [-0.25, -0.2) is 4.79 Å². The van der Waals surface area contributed by atoms with Gasteiger partial charge in [0.15, 0.2) is 0 Å². The number of nitrogens with one attached hydrogen (secondary N) is 3. The summed E-state index contributed by atoms with van der Waals surface area (Å²) in [5.41, 5.74) is 4.41. The van der Waals surface area contributed by atoms with Crippen LogP contribution in [0.2, 0.25) is 0 Å². The molecule has 1 aliphatic carbocycles. The molecule has 2 aliphatic rings. The number of hydrogen-bond acceptors (Lipinski definition) is 4. The molecule has 1 aliphatic heterocycles. The Balaban J connectivity index is 1.15. The second kappa shape index (κ2) is 13.3. The standard InChI is InChI=1S/C32H38N4O3/c37-31(33-18-21-36-19-6-7-20-36)30(22-24-8-2-1-3-9-24)35-32(38)34-27-13-16-28(17-14-27)39-29-15-12-25-10-4-5-11-26(25)23-29/h1-3,8-9,12-17,23,30H,4-7,10-11,18-22H2,(H,33,37)(H2,34,35,38). The van der Waals surface area contributed by atoms with Crippen molar-refractivity contribution >= 4 is 17.6 Å². The van der Waals surface area contributed by atoms with Crippen LogP contribution >= 0.6 is 0 Å². The molecule has 0 aromatic heterocycles. The van der Waals surface area contributed by atoms with Gasteiger partial charge in [0.2, 0.25) is 5.91 Å². The zero-order valence-electron chi connectivity index (χ0n) is 22.5. The topological polar surface area (TPSA) is 82.7 Å². The first-order chi connectivity index (χ1) is 19.1. The van der Waals surface area contributed by atoms with Crippen LogP contribution in [0.25, 0.3) is 0 Å². The van der Waals surface area contributed by atoms with Crippen molar-refractivity contribution in [2.75, 3.05) is 31.5 Å². The van der Waals surface area contributed by atoms with Gasteiger partial charge in [-0.1, -0.05) is 36.4 Å². The van der Waals surface area contributed by atoms with E-state index >= 15 is 0 Å². The fourth-order valence-electron chi connectivity index (χ4n) is 5.37. The Labute approximate surface area is 230 Å². The smallest absolute Gasteiger partial charge is 0.319 e. The normalized spacial score (nSPS) is 15.7. The summed E-state index contributed by atoms with van der Waals surface area (Å²) in [4.78, 5) is 28.3. The minimum Gasteiger partial charge on any atom is -0.457 e. The number of urea groups is 1. The Bertz CT molecular complexity index is 1240. The number of nitrogens with zero attached hydrogens (tertiary/aromatic N) is 1. The molecular weight excluding hydrogens is 488 g/mol. The quantitative estimate of drug-likeness (QED) is 0.335. The molecule has 1 atom stereocenters. The van der Waals surface area contributed by atoms with E-state index in [1.54, 1.807) is 12.1 Å². The average Bonchev–Trinajstić information content (AvgIpc) is 3.48. The molecule has 3 N–H and O–H groups in total. The van der Waals surface area contributed by atoms with Gasteiger partial charge in [0.25, 0.3) is 0 Å². The Morgan fingerprint density at radius 3 is 2.31 bits per heavy atom. The van der Waals surface area contributed by atoms with Gasteiger partial charge in [-0.15, -0.1) is 0 Å². The van der Waals surface area contributed by atoms with E-state index in [-0.39, 0.29) is 5.91 Å². The third-order valence-corrected chi connectivity index (χ3v) is 7.50. The monoisotopic (exact) mass is 526 g/mol. The highest BCUT2D eigenvalue weighted by Gasteiger charge is 2.22. The van der Waals surface area contributed by atoms with Crippen LogP contribution < -0.4 is 20.7 Å². The number of rotatable bonds is 10. The van der Waals surface area contributed by atoms with E-state index in [1.165, 1.54) is 36.8 Å². The van der Waals surface area contributed by atoms with E-state index in [0.29, 0.717) is 24.4 Å². The molecule has 0 spiro atoms. The van der Waals surface area contributed by atoms with Crippen LogP contribution in [-0.2, 0) is 24.1 Å². The SMILES string of the molecule is O=C(Nc1ccc(Oc2ccc3c(c2)CCCC3)cc1)NC(Cc1ccccc1)C(=O)NCCN1CCCC1. The van der Waals surface area contributed by atoms with Crippen molar-refractivity contribution < 1.29 is 14.3 Å². The average molecular weight is 527 g/mol. The molecule has 1 unspecified atom stereocenters. The summed E-state index contributed by atoms with van der Waals surface area (Å²) < 4.78 is 6.06. The summed E-state index contributed by atoms with van der Waals surface area (Å²) in [5.74, 6) is 1.35. The van der Waals surface area contributed by atoms with Gasteiger partial charge in [0.1, 0.15) is 17.5 Å². The molecule has 0 bridgehead atoms. The molecule has 0 saturated carbocycles. The van der Waals surface area contributed by atoms with Gasteiger partial charge in [-0.05, 0) is 105 Å². The summed E-state index contributed by atoms with van der Waals surface area (Å²) in [6, 6.07) is 22.2. The predicted molar refractivity (Wildman–Crippen MR) is 154 cm³/mol. The van der Waals surface area contributed by atoms with Crippen molar-refractivity contribution in [3.63, 3.8) is 0 Å². The molecule has 0 radical (unpaired) electrons. The lowest BCUT2D eigenvalue weighted by atomic mass is 9.92. The summed E-state index contributed by atoms with van der Waals surface area (Å²) in [7, 11) is 0. The lowest BCUT2D eigenvalue weighted by Gasteiger charge is -2.20. The lowest BCUT2D eigenvalue weighted by molar-refractivity contribution is -0.122. The fraction of sp³-hybridized carbons (Fsp3) is 0.375. The number of ether oxygens (including phenoxy) is 1. The maximum absolute atomic E-state index is 13.0. The number of fused-ring (bicyclic) bond motifs is 1. The Kier molecular flexibility index (Phi) is 9.12. The molecule has 5 rings (SSSR count). The van der Waals surface area contributed by atoms with Crippen molar-refractivity contribution in [1.29, 1.82) is 0 Å². The molecular formula is C32H38N4O3. The van der Waals surface area contributed by atoms with E-state index in [1.807, 2.05) is 48.5 Å². The molecule has 3 aromatic carbocycles. The summed E-state index contributed by atoms with van der Waals surface area (Å²) in [6.07, 6.45) is 7.58. The van der Waals surface area contributed by atoms with Crippen molar-refractivity contribution in [1.82, 2.24) is 15.5 Å². The maximum atomic E-state index is 13.0. The number of hydrogen-bond donors (Lipinski definition) is 3. The van der Waals surface area contributed by atoms with E-state index in [2.05, 4.69) is 33.0 Å². The number of likely N-dealkylation sites (tertiary alicyclic amines) is 1. The lowest BCUT2D eigenvalue weighted by Crippen LogP contribution is -2.50. The van der Waals surface area contributed by atoms with Gasteiger partial charge in [0.05, 0.1) is 0 Å². The van der Waals surface area contributed by atoms with Crippen molar-refractivity contribution in [2.45, 2.75) is 51.0 Å². The molecule has 3 aromatic rings. The highest BCUT2D eigenvalue weighted by Crippen LogP contribution is 2.29. The van der Waals surface area contributed by atoms with Gasteiger partial charge in [0, 0.05) is 25.2 Å². The number of benzene rings is 3. The van der Waals surface area contributed by atoms with Gasteiger partial charge < -0.3 is 25.6 Å². The van der Waals surface area contributed by atoms with E-state index in [4.69, 9.17) is 4.74 Å². The van der Waals surface area contributed by atoms with Crippen LogP contribution in [-0.4, -0.2) is 49.1 Å². The summed E-state index contributed by atoms with van der Waals surface area (Å²) in [5, 5.41) is 8.73. The molecule has 1 saturated heterocycles. The van der Waals surface area contributed by atoms with E-state index in [9.17, 15) is 9.59 Å².